The average Bonchev–Trinajstić information content (AvgIpc) is 2.80. The Morgan fingerprint density at radius 2 is 2.12 bits per heavy atom. The van der Waals surface area contributed by atoms with Crippen LogP contribution in [-0.2, 0) is 6.54 Å². The maximum atomic E-state index is 5.54. The van der Waals surface area contributed by atoms with Gasteiger partial charge in [-0.05, 0) is 31.2 Å². The average molecular weight is 249 g/mol. The molecule has 0 spiro atoms. The number of rotatable bonds is 5. The van der Waals surface area contributed by atoms with E-state index >= 15 is 0 Å². The predicted molar refractivity (Wildman–Crippen MR) is 70.9 cm³/mol. The second-order valence-corrected chi connectivity index (χ2v) is 4.53. The molecule has 0 aliphatic carbocycles. The van der Waals surface area contributed by atoms with Gasteiger partial charge in [0.2, 0.25) is 0 Å². The first-order valence-electron chi connectivity index (χ1n) is 5.46. The van der Waals surface area contributed by atoms with Crippen LogP contribution in [0.15, 0.2) is 30.5 Å². The molecule has 2 aromatic rings. The molecule has 1 heterocycles. The van der Waals surface area contributed by atoms with Gasteiger partial charge < -0.3 is 15.8 Å². The number of aromatic nitrogens is 1. The molecule has 1 aromatic carbocycles. The van der Waals surface area contributed by atoms with Crippen LogP contribution in [0, 0.1) is 0 Å². The van der Waals surface area contributed by atoms with Crippen LogP contribution in [0.4, 0.5) is 10.8 Å². The van der Waals surface area contributed by atoms with Crippen LogP contribution in [0.2, 0.25) is 0 Å². The highest BCUT2D eigenvalue weighted by molar-refractivity contribution is 7.15. The lowest BCUT2D eigenvalue weighted by atomic mass is 10.3. The Morgan fingerprint density at radius 3 is 2.71 bits per heavy atom. The molecule has 1 aromatic heterocycles. The Labute approximate surface area is 104 Å². The van der Waals surface area contributed by atoms with Gasteiger partial charge in [0.05, 0.1) is 6.61 Å². The molecule has 4 nitrogen and oxygen atoms in total. The predicted octanol–water partition coefficient (Wildman–Crippen LogP) is 2.74. The number of thiazole rings is 1. The van der Waals surface area contributed by atoms with Gasteiger partial charge in [-0.2, -0.15) is 0 Å². The Balaban J connectivity index is 2.03. The zero-order valence-electron chi connectivity index (χ0n) is 9.64. The van der Waals surface area contributed by atoms with Crippen molar-refractivity contribution in [3.05, 3.63) is 35.3 Å². The van der Waals surface area contributed by atoms with Crippen LogP contribution in [-0.4, -0.2) is 11.6 Å². The first kappa shape index (κ1) is 11.9. The van der Waals surface area contributed by atoms with Crippen molar-refractivity contribution in [3.8, 4) is 5.75 Å². The Hall–Kier alpha value is -1.59. The molecule has 17 heavy (non-hydrogen) atoms. The standard InChI is InChI=1S/C12H15N3OS/c1-2-16-10-5-3-9(4-6-10)15-12-14-8-11(7-13)17-12/h3-6,8H,2,7,13H2,1H3,(H,14,15). The van der Waals surface area contributed by atoms with E-state index in [2.05, 4.69) is 10.3 Å². The van der Waals surface area contributed by atoms with Crippen molar-refractivity contribution in [2.45, 2.75) is 13.5 Å². The minimum atomic E-state index is 0.530. The van der Waals surface area contributed by atoms with Crippen LogP contribution >= 0.6 is 11.3 Å². The monoisotopic (exact) mass is 249 g/mol. The number of benzene rings is 1. The first-order chi connectivity index (χ1) is 8.31. The fourth-order valence-corrected chi connectivity index (χ4v) is 2.10. The molecule has 90 valence electrons. The Kier molecular flexibility index (Phi) is 3.95. The SMILES string of the molecule is CCOc1ccc(Nc2ncc(CN)s2)cc1. The second kappa shape index (κ2) is 5.65. The van der Waals surface area contributed by atoms with E-state index in [9.17, 15) is 0 Å². The van der Waals surface area contributed by atoms with Gasteiger partial charge in [0, 0.05) is 23.3 Å². The van der Waals surface area contributed by atoms with Crippen LogP contribution in [0.5, 0.6) is 5.75 Å². The Morgan fingerprint density at radius 1 is 1.35 bits per heavy atom. The van der Waals surface area contributed by atoms with E-state index in [0.29, 0.717) is 13.2 Å². The van der Waals surface area contributed by atoms with E-state index in [4.69, 9.17) is 10.5 Å². The number of ether oxygens (including phenoxy) is 1. The number of nitrogens with one attached hydrogen (secondary N) is 1. The molecular formula is C12H15N3OS. The molecule has 0 saturated heterocycles. The third-order valence-electron chi connectivity index (χ3n) is 2.17. The van der Waals surface area contributed by atoms with E-state index in [-0.39, 0.29) is 0 Å². The fourth-order valence-electron chi connectivity index (χ4n) is 1.38. The smallest absolute Gasteiger partial charge is 0.187 e. The summed E-state index contributed by atoms with van der Waals surface area (Å²) >= 11 is 1.56. The van der Waals surface area contributed by atoms with Crippen molar-refractivity contribution >= 4 is 22.2 Å². The molecule has 3 N–H and O–H groups in total. The summed E-state index contributed by atoms with van der Waals surface area (Å²) in [4.78, 5) is 5.31. The van der Waals surface area contributed by atoms with Gasteiger partial charge in [0.15, 0.2) is 5.13 Å². The molecular weight excluding hydrogens is 234 g/mol. The summed E-state index contributed by atoms with van der Waals surface area (Å²) in [6.07, 6.45) is 1.79. The van der Waals surface area contributed by atoms with Crippen molar-refractivity contribution in [1.29, 1.82) is 0 Å². The van der Waals surface area contributed by atoms with E-state index in [1.165, 1.54) is 0 Å². The number of hydrogen-bond donors (Lipinski definition) is 2. The maximum absolute atomic E-state index is 5.54. The summed E-state index contributed by atoms with van der Waals surface area (Å²) in [5, 5.41) is 4.08. The number of nitrogens with zero attached hydrogens (tertiary/aromatic N) is 1. The highest BCUT2D eigenvalue weighted by atomic mass is 32.1. The van der Waals surface area contributed by atoms with Crippen LogP contribution in [0.1, 0.15) is 11.8 Å². The lowest BCUT2D eigenvalue weighted by Crippen LogP contribution is -1.92. The summed E-state index contributed by atoms with van der Waals surface area (Å²) in [5.41, 5.74) is 6.53. The number of hydrogen-bond acceptors (Lipinski definition) is 5. The molecule has 0 fully saturated rings. The fraction of sp³-hybridized carbons (Fsp3) is 0.250. The molecule has 0 bridgehead atoms. The minimum Gasteiger partial charge on any atom is -0.494 e. The van der Waals surface area contributed by atoms with Crippen molar-refractivity contribution < 1.29 is 4.74 Å². The summed E-state index contributed by atoms with van der Waals surface area (Å²) < 4.78 is 5.38. The molecule has 2 rings (SSSR count). The summed E-state index contributed by atoms with van der Waals surface area (Å²) in [6.45, 7) is 3.18. The van der Waals surface area contributed by atoms with Crippen molar-refractivity contribution in [3.63, 3.8) is 0 Å². The largest absolute Gasteiger partial charge is 0.494 e. The molecule has 0 amide bonds. The van der Waals surface area contributed by atoms with E-state index in [0.717, 1.165) is 21.4 Å². The summed E-state index contributed by atoms with van der Waals surface area (Å²) in [7, 11) is 0. The molecule has 5 heteroatoms. The quantitative estimate of drug-likeness (QED) is 0.855. The van der Waals surface area contributed by atoms with Gasteiger partial charge in [-0.3, -0.25) is 0 Å². The molecule has 0 saturated carbocycles. The first-order valence-corrected chi connectivity index (χ1v) is 6.28. The topological polar surface area (TPSA) is 60.2 Å². The lowest BCUT2D eigenvalue weighted by molar-refractivity contribution is 0.340. The zero-order valence-corrected chi connectivity index (χ0v) is 10.5. The molecule has 0 atom stereocenters. The summed E-state index contributed by atoms with van der Waals surface area (Å²) in [5.74, 6) is 0.875. The van der Waals surface area contributed by atoms with E-state index < -0.39 is 0 Å². The van der Waals surface area contributed by atoms with Crippen molar-refractivity contribution in [2.24, 2.45) is 5.73 Å². The van der Waals surface area contributed by atoms with Gasteiger partial charge in [-0.25, -0.2) is 4.98 Å². The van der Waals surface area contributed by atoms with Gasteiger partial charge >= 0.3 is 0 Å². The Bertz CT molecular complexity index is 467. The molecule has 0 aliphatic heterocycles. The van der Waals surface area contributed by atoms with Crippen molar-refractivity contribution in [1.82, 2.24) is 4.98 Å². The maximum Gasteiger partial charge on any atom is 0.187 e. The van der Waals surface area contributed by atoms with Gasteiger partial charge in [0.25, 0.3) is 0 Å². The summed E-state index contributed by atoms with van der Waals surface area (Å²) in [6, 6.07) is 7.80. The highest BCUT2D eigenvalue weighted by Crippen LogP contribution is 2.23. The number of anilines is 2. The number of nitrogens with two attached hydrogens (primary N) is 1. The van der Waals surface area contributed by atoms with Gasteiger partial charge in [0.1, 0.15) is 5.75 Å². The van der Waals surface area contributed by atoms with Gasteiger partial charge in [-0.15, -0.1) is 11.3 Å². The van der Waals surface area contributed by atoms with Crippen LogP contribution < -0.4 is 15.8 Å². The van der Waals surface area contributed by atoms with Crippen LogP contribution in [0.25, 0.3) is 0 Å². The minimum absolute atomic E-state index is 0.530. The van der Waals surface area contributed by atoms with Crippen molar-refractivity contribution in [2.75, 3.05) is 11.9 Å². The highest BCUT2D eigenvalue weighted by Gasteiger charge is 2.01. The lowest BCUT2D eigenvalue weighted by Gasteiger charge is -2.05. The molecule has 0 radical (unpaired) electrons. The van der Waals surface area contributed by atoms with Gasteiger partial charge in [-0.1, -0.05) is 0 Å². The third kappa shape index (κ3) is 3.18. The van der Waals surface area contributed by atoms with E-state index in [1.54, 1.807) is 17.5 Å². The normalized spacial score (nSPS) is 10.2. The zero-order chi connectivity index (χ0) is 12.1. The van der Waals surface area contributed by atoms with Crippen LogP contribution in [0.3, 0.4) is 0 Å². The second-order valence-electron chi connectivity index (χ2n) is 3.42. The molecule has 0 unspecified atom stereocenters. The van der Waals surface area contributed by atoms with E-state index in [1.807, 2.05) is 31.2 Å². The molecule has 0 aliphatic rings. The third-order valence-corrected chi connectivity index (χ3v) is 3.11.